The van der Waals surface area contributed by atoms with E-state index in [0.29, 0.717) is 0 Å². The van der Waals surface area contributed by atoms with Crippen molar-refractivity contribution in [3.05, 3.63) is 48.0 Å². The molecule has 0 heterocycles. The first kappa shape index (κ1) is 11.5. The lowest BCUT2D eigenvalue weighted by atomic mass is 10.1. The van der Waals surface area contributed by atoms with Crippen molar-refractivity contribution >= 4 is 10.8 Å². The summed E-state index contributed by atoms with van der Waals surface area (Å²) >= 11 is 0. The van der Waals surface area contributed by atoms with Crippen LogP contribution in [0.15, 0.2) is 42.5 Å². The molecule has 2 aromatic carbocycles. The molecule has 0 N–H and O–H groups in total. The maximum atomic E-state index is 5.38. The molecule has 0 fully saturated rings. The summed E-state index contributed by atoms with van der Waals surface area (Å²) < 4.78 is 5.38. The zero-order valence-corrected chi connectivity index (χ0v) is 10.4. The molecule has 17 heavy (non-hydrogen) atoms. The largest absolute Gasteiger partial charge is 0.441 e. The molecule has 0 saturated carbocycles. The maximum absolute atomic E-state index is 5.38. The highest BCUT2D eigenvalue weighted by molar-refractivity contribution is 5.83. The van der Waals surface area contributed by atoms with E-state index in [1.165, 1.54) is 10.8 Å². The molecular weight excluding hydrogens is 208 g/mol. The maximum Gasteiger partial charge on any atom is 0.116 e. The average molecular weight is 224 g/mol. The predicted molar refractivity (Wildman–Crippen MR) is 71.7 cm³/mol. The summed E-state index contributed by atoms with van der Waals surface area (Å²) in [5, 5.41) is 2.44. The molecule has 0 aromatic heterocycles. The lowest BCUT2D eigenvalue weighted by Crippen LogP contribution is -2.15. The van der Waals surface area contributed by atoms with Crippen LogP contribution in [0.2, 0.25) is 0 Å². The number of rotatable bonds is 0. The van der Waals surface area contributed by atoms with Crippen LogP contribution in [0, 0.1) is 12.0 Å². The Labute approximate surface area is 102 Å². The van der Waals surface area contributed by atoms with E-state index in [9.17, 15) is 0 Å². The molecule has 0 unspecified atom stereocenters. The molecule has 0 spiro atoms. The van der Waals surface area contributed by atoms with Gasteiger partial charge in [-0.05, 0) is 49.6 Å². The van der Waals surface area contributed by atoms with Crippen molar-refractivity contribution in [2.75, 3.05) is 0 Å². The normalized spacial score (nSPS) is 10.8. The summed E-state index contributed by atoms with van der Waals surface area (Å²) in [7, 11) is 0. The smallest absolute Gasteiger partial charge is 0.116 e. The van der Waals surface area contributed by atoms with Crippen LogP contribution in [-0.2, 0) is 4.74 Å². The first-order chi connectivity index (χ1) is 8.04. The Morgan fingerprint density at radius 2 is 1.65 bits per heavy atom. The van der Waals surface area contributed by atoms with Gasteiger partial charge in [-0.15, -0.1) is 0 Å². The van der Waals surface area contributed by atoms with Crippen molar-refractivity contribution in [2.45, 2.75) is 26.4 Å². The molecule has 0 bridgehead atoms. The van der Waals surface area contributed by atoms with Gasteiger partial charge in [0.05, 0.1) is 0 Å². The average Bonchev–Trinajstić information content (AvgIpc) is 2.27. The molecule has 0 aliphatic heterocycles. The molecule has 0 amide bonds. The standard InChI is InChI=1S/C16H16O/c1-16(2,3)17-11-10-13-8-9-14-6-4-5-7-15(14)12-13/h4-9,12H,1-3H3. The van der Waals surface area contributed by atoms with Crippen molar-refractivity contribution < 1.29 is 4.74 Å². The Morgan fingerprint density at radius 3 is 2.35 bits per heavy atom. The third-order valence-electron chi connectivity index (χ3n) is 2.30. The number of benzene rings is 2. The minimum Gasteiger partial charge on any atom is -0.441 e. The van der Waals surface area contributed by atoms with Crippen LogP contribution >= 0.6 is 0 Å². The van der Waals surface area contributed by atoms with E-state index < -0.39 is 0 Å². The van der Waals surface area contributed by atoms with Gasteiger partial charge in [-0.25, -0.2) is 0 Å². The SMILES string of the molecule is CC(C)(C)OC#Cc1ccc2ccccc2c1. The summed E-state index contributed by atoms with van der Waals surface area (Å²) in [4.78, 5) is 0. The van der Waals surface area contributed by atoms with E-state index in [1.54, 1.807) is 0 Å². The van der Waals surface area contributed by atoms with Gasteiger partial charge < -0.3 is 4.74 Å². The van der Waals surface area contributed by atoms with E-state index in [0.717, 1.165) is 5.56 Å². The van der Waals surface area contributed by atoms with Gasteiger partial charge in [-0.2, -0.15) is 0 Å². The third kappa shape index (κ3) is 3.26. The van der Waals surface area contributed by atoms with Crippen LogP contribution in [0.3, 0.4) is 0 Å². The Balaban J connectivity index is 2.25. The minimum atomic E-state index is -0.218. The Bertz CT molecular complexity index is 579. The molecule has 1 nitrogen and oxygen atoms in total. The number of hydrogen-bond acceptors (Lipinski definition) is 1. The highest BCUT2D eigenvalue weighted by Gasteiger charge is 2.07. The molecular formula is C16H16O. The topological polar surface area (TPSA) is 9.23 Å². The predicted octanol–water partition coefficient (Wildman–Crippen LogP) is 3.96. The van der Waals surface area contributed by atoms with E-state index in [1.807, 2.05) is 39.0 Å². The number of hydrogen-bond donors (Lipinski definition) is 0. The second-order valence-corrected chi connectivity index (χ2v) is 5.00. The van der Waals surface area contributed by atoms with E-state index in [-0.39, 0.29) is 5.60 Å². The van der Waals surface area contributed by atoms with Gasteiger partial charge >= 0.3 is 0 Å². The van der Waals surface area contributed by atoms with E-state index >= 15 is 0 Å². The van der Waals surface area contributed by atoms with Crippen LogP contribution in [0.1, 0.15) is 26.3 Å². The van der Waals surface area contributed by atoms with Crippen LogP contribution in [0.4, 0.5) is 0 Å². The van der Waals surface area contributed by atoms with E-state index in [2.05, 4.69) is 36.3 Å². The van der Waals surface area contributed by atoms with Crippen molar-refractivity contribution in [1.82, 2.24) is 0 Å². The lowest BCUT2D eigenvalue weighted by Gasteiger charge is -2.14. The Morgan fingerprint density at radius 1 is 0.941 bits per heavy atom. The van der Waals surface area contributed by atoms with Crippen LogP contribution in [-0.4, -0.2) is 5.60 Å². The third-order valence-corrected chi connectivity index (χ3v) is 2.30. The highest BCUT2D eigenvalue weighted by atomic mass is 16.5. The van der Waals surface area contributed by atoms with E-state index in [4.69, 9.17) is 4.74 Å². The van der Waals surface area contributed by atoms with Crippen LogP contribution in [0.5, 0.6) is 0 Å². The first-order valence-corrected chi connectivity index (χ1v) is 5.72. The van der Waals surface area contributed by atoms with Gasteiger partial charge in [0.15, 0.2) is 0 Å². The summed E-state index contributed by atoms with van der Waals surface area (Å²) in [5.41, 5.74) is 0.761. The van der Waals surface area contributed by atoms with Crippen molar-refractivity contribution in [3.8, 4) is 12.0 Å². The zero-order valence-electron chi connectivity index (χ0n) is 10.4. The second kappa shape index (κ2) is 4.51. The fourth-order valence-electron chi connectivity index (χ4n) is 1.50. The van der Waals surface area contributed by atoms with Gasteiger partial charge in [0, 0.05) is 5.56 Å². The molecule has 0 aliphatic rings. The van der Waals surface area contributed by atoms with Gasteiger partial charge in [0.2, 0.25) is 0 Å². The van der Waals surface area contributed by atoms with Crippen LogP contribution in [0.25, 0.3) is 10.8 Å². The molecule has 0 saturated heterocycles. The molecule has 0 atom stereocenters. The lowest BCUT2D eigenvalue weighted by molar-refractivity contribution is 0.0963. The molecule has 2 rings (SSSR count). The molecule has 2 aromatic rings. The summed E-state index contributed by atoms with van der Waals surface area (Å²) in [6, 6.07) is 14.4. The van der Waals surface area contributed by atoms with Crippen molar-refractivity contribution in [1.29, 1.82) is 0 Å². The number of ether oxygens (including phenoxy) is 1. The summed E-state index contributed by atoms with van der Waals surface area (Å²) in [6.07, 6.45) is 2.76. The second-order valence-electron chi connectivity index (χ2n) is 5.00. The van der Waals surface area contributed by atoms with Gasteiger partial charge in [0.1, 0.15) is 11.7 Å². The fraction of sp³-hybridized carbons (Fsp3) is 0.250. The van der Waals surface area contributed by atoms with Gasteiger partial charge in [0.25, 0.3) is 0 Å². The van der Waals surface area contributed by atoms with Crippen LogP contribution < -0.4 is 0 Å². The summed E-state index contributed by atoms with van der Waals surface area (Å²) in [5.74, 6) is 3.02. The van der Waals surface area contributed by atoms with Gasteiger partial charge in [-0.3, -0.25) is 0 Å². The molecule has 1 heteroatoms. The molecule has 0 aliphatic carbocycles. The highest BCUT2D eigenvalue weighted by Crippen LogP contribution is 2.15. The zero-order chi connectivity index (χ0) is 12.3. The van der Waals surface area contributed by atoms with Crippen molar-refractivity contribution in [3.63, 3.8) is 0 Å². The fourth-order valence-corrected chi connectivity index (χ4v) is 1.50. The molecule has 0 radical (unpaired) electrons. The minimum absolute atomic E-state index is 0.218. The Kier molecular flexibility index (Phi) is 3.06. The molecule has 86 valence electrons. The first-order valence-electron chi connectivity index (χ1n) is 5.72. The quantitative estimate of drug-likeness (QED) is 0.615. The number of fused-ring (bicyclic) bond motifs is 1. The Hall–Kier alpha value is -1.94. The van der Waals surface area contributed by atoms with Crippen molar-refractivity contribution in [2.24, 2.45) is 0 Å². The monoisotopic (exact) mass is 224 g/mol. The van der Waals surface area contributed by atoms with Gasteiger partial charge in [-0.1, -0.05) is 30.3 Å². The summed E-state index contributed by atoms with van der Waals surface area (Å²) in [6.45, 7) is 5.96.